The van der Waals surface area contributed by atoms with Crippen LogP contribution in [0.5, 0.6) is 0 Å². The summed E-state index contributed by atoms with van der Waals surface area (Å²) in [6.07, 6.45) is 13.8. The van der Waals surface area contributed by atoms with E-state index in [1.54, 1.807) is 13.0 Å². The van der Waals surface area contributed by atoms with Gasteiger partial charge < -0.3 is 25.6 Å². The summed E-state index contributed by atoms with van der Waals surface area (Å²) in [6, 6.07) is 0. The number of allylic oxidation sites excluding steroid dienone is 7. The standard InChI is InChI=1S/C28H34N2O7/c1-4-5-10-17(2)15-18(3)27(35)29-19-16-28(36,26-25(37-26)24(19)34)14-9-7-6-8-11-22(33)30-23-20(31)12-13-21(23)32/h6-9,11,14-17,25-26,31,36H,4-5,10,12-13H2,1-3H3,(H,29,35)(H,30,33)/b7-6+,11-8+,14-9+,18-15+/t17-,25-,26-,28+/m0/s1. The first-order valence-corrected chi connectivity index (χ1v) is 12.5. The number of hydrogen-bond donors (Lipinski definition) is 4. The number of epoxide rings is 1. The Labute approximate surface area is 216 Å². The number of amides is 2. The minimum atomic E-state index is -1.59. The minimum Gasteiger partial charge on any atom is -0.510 e. The summed E-state index contributed by atoms with van der Waals surface area (Å²) in [7, 11) is 0. The highest BCUT2D eigenvalue weighted by Gasteiger charge is 2.59. The average Bonchev–Trinajstić information content (AvgIpc) is 3.61. The lowest BCUT2D eigenvalue weighted by molar-refractivity contribution is -0.121. The maximum absolute atomic E-state index is 12.6. The largest absolute Gasteiger partial charge is 0.510 e. The lowest BCUT2D eigenvalue weighted by Gasteiger charge is -2.23. The van der Waals surface area contributed by atoms with E-state index in [1.165, 1.54) is 36.5 Å². The molecule has 2 aliphatic carbocycles. The molecule has 2 amide bonds. The summed E-state index contributed by atoms with van der Waals surface area (Å²) >= 11 is 0. The number of ether oxygens (including phenoxy) is 1. The van der Waals surface area contributed by atoms with Crippen LogP contribution in [-0.2, 0) is 23.9 Å². The van der Waals surface area contributed by atoms with Gasteiger partial charge in [0.05, 0.1) is 5.70 Å². The van der Waals surface area contributed by atoms with Crippen molar-refractivity contribution in [2.24, 2.45) is 5.92 Å². The third-order valence-electron chi connectivity index (χ3n) is 6.35. The topological polar surface area (TPSA) is 145 Å². The fraction of sp³-hybridized carbons (Fsp3) is 0.429. The Morgan fingerprint density at radius 1 is 1.19 bits per heavy atom. The fourth-order valence-electron chi connectivity index (χ4n) is 4.21. The predicted octanol–water partition coefficient (Wildman–Crippen LogP) is 2.76. The van der Waals surface area contributed by atoms with Crippen molar-refractivity contribution in [3.8, 4) is 0 Å². The van der Waals surface area contributed by atoms with Gasteiger partial charge in [-0.2, -0.15) is 0 Å². The third kappa shape index (κ3) is 7.24. The van der Waals surface area contributed by atoms with Crippen molar-refractivity contribution in [3.05, 3.63) is 71.3 Å². The molecule has 9 heteroatoms. The smallest absolute Gasteiger partial charge is 0.251 e. The number of rotatable bonds is 11. The lowest BCUT2D eigenvalue weighted by atomic mass is 9.88. The van der Waals surface area contributed by atoms with Crippen LogP contribution in [0.2, 0.25) is 0 Å². The van der Waals surface area contributed by atoms with Gasteiger partial charge in [-0.05, 0) is 31.4 Å². The van der Waals surface area contributed by atoms with Gasteiger partial charge in [0.1, 0.15) is 23.2 Å². The molecule has 1 heterocycles. The van der Waals surface area contributed by atoms with Crippen molar-refractivity contribution in [3.63, 3.8) is 0 Å². The first kappa shape index (κ1) is 28.0. The zero-order valence-electron chi connectivity index (χ0n) is 21.3. The van der Waals surface area contributed by atoms with Crippen LogP contribution in [0.15, 0.2) is 71.3 Å². The van der Waals surface area contributed by atoms with Gasteiger partial charge in [0, 0.05) is 24.5 Å². The number of unbranched alkanes of at least 4 members (excludes halogenated alkanes) is 1. The number of carbonyl (C=O) groups is 4. The van der Waals surface area contributed by atoms with E-state index in [-0.39, 0.29) is 47.5 Å². The second-order valence-corrected chi connectivity index (χ2v) is 9.55. The molecule has 0 unspecified atom stereocenters. The van der Waals surface area contributed by atoms with Gasteiger partial charge in [-0.1, -0.05) is 57.1 Å². The highest BCUT2D eigenvalue weighted by atomic mass is 16.6. The van der Waals surface area contributed by atoms with E-state index < -0.39 is 29.6 Å². The highest BCUT2D eigenvalue weighted by Crippen LogP contribution is 2.40. The molecule has 0 radical (unpaired) electrons. The molecule has 37 heavy (non-hydrogen) atoms. The molecule has 3 aliphatic rings. The van der Waals surface area contributed by atoms with Crippen LogP contribution in [-0.4, -0.2) is 51.4 Å². The number of ketones is 2. The Hall–Kier alpha value is -3.56. The molecule has 0 saturated carbocycles. The number of aliphatic hydroxyl groups is 2. The first-order valence-electron chi connectivity index (χ1n) is 12.5. The molecule has 3 rings (SSSR count). The second-order valence-electron chi connectivity index (χ2n) is 9.55. The van der Waals surface area contributed by atoms with Gasteiger partial charge in [-0.15, -0.1) is 0 Å². The van der Waals surface area contributed by atoms with Crippen LogP contribution < -0.4 is 10.6 Å². The first-order chi connectivity index (χ1) is 17.6. The van der Waals surface area contributed by atoms with Crippen molar-refractivity contribution < 1.29 is 34.1 Å². The summed E-state index contributed by atoms with van der Waals surface area (Å²) in [5.74, 6) is -1.54. The number of aliphatic hydroxyl groups excluding tert-OH is 1. The van der Waals surface area contributed by atoms with Crippen LogP contribution in [0.1, 0.15) is 52.9 Å². The van der Waals surface area contributed by atoms with Gasteiger partial charge in [-0.25, -0.2) is 0 Å². The second kappa shape index (κ2) is 12.1. The van der Waals surface area contributed by atoms with Crippen molar-refractivity contribution in [1.82, 2.24) is 10.6 Å². The summed E-state index contributed by atoms with van der Waals surface area (Å²) < 4.78 is 5.37. The Morgan fingerprint density at radius 3 is 2.59 bits per heavy atom. The van der Waals surface area contributed by atoms with Crippen molar-refractivity contribution in [2.45, 2.75) is 70.7 Å². The quantitative estimate of drug-likeness (QED) is 0.190. The molecule has 0 aromatic heterocycles. The Kier molecular flexibility index (Phi) is 9.18. The molecular formula is C28H34N2O7. The SMILES string of the molecule is CCCC[C@H](C)/C=C(\C)C(=O)NC1=C[C@](O)(/C=C/C=C/C=C/C(=O)NC2=C(O)CCC2=O)[C@H]2O[C@H]2C1=O. The van der Waals surface area contributed by atoms with Crippen molar-refractivity contribution in [2.75, 3.05) is 0 Å². The van der Waals surface area contributed by atoms with Crippen molar-refractivity contribution >= 4 is 23.4 Å². The van der Waals surface area contributed by atoms with Crippen LogP contribution in [0, 0.1) is 5.92 Å². The molecule has 1 saturated heterocycles. The maximum Gasteiger partial charge on any atom is 0.251 e. The molecule has 0 spiro atoms. The molecule has 4 atom stereocenters. The fourth-order valence-corrected chi connectivity index (χ4v) is 4.21. The number of carbonyl (C=O) groups excluding carboxylic acids is 4. The number of fused-ring (bicyclic) bond motifs is 1. The molecule has 1 aliphatic heterocycles. The van der Waals surface area contributed by atoms with E-state index in [0.717, 1.165) is 19.3 Å². The average molecular weight is 511 g/mol. The van der Waals surface area contributed by atoms with Gasteiger partial charge in [-0.3, -0.25) is 19.2 Å². The molecule has 0 aromatic carbocycles. The maximum atomic E-state index is 12.6. The van der Waals surface area contributed by atoms with Gasteiger partial charge >= 0.3 is 0 Å². The molecular weight excluding hydrogens is 476 g/mol. The van der Waals surface area contributed by atoms with E-state index in [2.05, 4.69) is 17.6 Å². The number of hydrogen-bond acceptors (Lipinski definition) is 7. The molecule has 4 N–H and O–H groups in total. The zero-order chi connectivity index (χ0) is 27.2. The molecule has 198 valence electrons. The molecule has 0 bridgehead atoms. The Morgan fingerprint density at radius 2 is 1.92 bits per heavy atom. The van der Waals surface area contributed by atoms with Gasteiger partial charge in [0.2, 0.25) is 11.7 Å². The predicted molar refractivity (Wildman–Crippen MR) is 137 cm³/mol. The normalized spacial score (nSPS) is 26.7. The van der Waals surface area contributed by atoms with Crippen LogP contribution in [0.25, 0.3) is 0 Å². The van der Waals surface area contributed by atoms with Gasteiger partial charge in [0.25, 0.3) is 5.91 Å². The highest BCUT2D eigenvalue weighted by molar-refractivity contribution is 6.07. The molecule has 1 fully saturated rings. The Bertz CT molecular complexity index is 1140. The molecule has 9 nitrogen and oxygen atoms in total. The third-order valence-corrected chi connectivity index (χ3v) is 6.35. The molecule has 0 aromatic rings. The van der Waals surface area contributed by atoms with Crippen LogP contribution >= 0.6 is 0 Å². The summed E-state index contributed by atoms with van der Waals surface area (Å²) in [4.78, 5) is 48.7. The van der Waals surface area contributed by atoms with Crippen molar-refractivity contribution in [1.29, 1.82) is 0 Å². The van der Waals surface area contributed by atoms with Crippen LogP contribution in [0.3, 0.4) is 0 Å². The van der Waals surface area contributed by atoms with E-state index >= 15 is 0 Å². The van der Waals surface area contributed by atoms with Gasteiger partial charge in [0.15, 0.2) is 11.9 Å². The minimum absolute atomic E-state index is 0.00979. The number of nitrogens with one attached hydrogen (secondary N) is 2. The zero-order valence-corrected chi connectivity index (χ0v) is 21.3. The van der Waals surface area contributed by atoms with E-state index in [0.29, 0.717) is 5.57 Å². The lowest BCUT2D eigenvalue weighted by Crippen LogP contribution is -2.42. The monoisotopic (exact) mass is 510 g/mol. The number of Topliss-reactive ketones (excluding diaryl/α,β-unsaturated/α-hetero) is 2. The van der Waals surface area contributed by atoms with E-state index in [1.807, 2.05) is 13.0 Å². The summed E-state index contributed by atoms with van der Waals surface area (Å²) in [5.41, 5.74) is -1.17. The van der Waals surface area contributed by atoms with E-state index in [4.69, 9.17) is 4.74 Å². The summed E-state index contributed by atoms with van der Waals surface area (Å²) in [5, 5.41) is 25.6. The van der Waals surface area contributed by atoms with E-state index in [9.17, 15) is 29.4 Å². The summed E-state index contributed by atoms with van der Waals surface area (Å²) in [6.45, 7) is 5.84. The Balaban J connectivity index is 1.59. The van der Waals surface area contributed by atoms with Crippen LogP contribution in [0.4, 0.5) is 0 Å².